The van der Waals surface area contributed by atoms with E-state index in [1.54, 1.807) is 18.2 Å². The smallest absolute Gasteiger partial charge is 0.353 e. The summed E-state index contributed by atoms with van der Waals surface area (Å²) in [5.41, 5.74) is 0.542. The zero-order valence-corrected chi connectivity index (χ0v) is 11.9. The third-order valence-corrected chi connectivity index (χ3v) is 3.96. The maximum Gasteiger partial charge on any atom is 0.353 e. The van der Waals surface area contributed by atoms with E-state index in [-0.39, 0.29) is 12.1 Å². The first-order valence-electron chi connectivity index (χ1n) is 5.86. The van der Waals surface area contributed by atoms with Crippen molar-refractivity contribution in [1.82, 2.24) is 4.98 Å². The molecule has 0 saturated carbocycles. The van der Waals surface area contributed by atoms with Gasteiger partial charge < -0.3 is 9.94 Å². The van der Waals surface area contributed by atoms with Crippen molar-refractivity contribution in [1.29, 1.82) is 0 Å². The van der Waals surface area contributed by atoms with Crippen LogP contribution in [0.5, 0.6) is 0 Å². The molecule has 1 atom stereocenters. The number of thiazole rings is 1. The Morgan fingerprint density at radius 2 is 2.29 bits per heavy atom. The number of oxime groups is 1. The number of carbonyl (C=O) groups is 2. The molecule has 0 bridgehead atoms. The number of benzene rings is 1. The second kappa shape index (κ2) is 5.30. The van der Waals surface area contributed by atoms with Gasteiger partial charge in [0.15, 0.2) is 10.8 Å². The van der Waals surface area contributed by atoms with E-state index in [1.807, 2.05) is 0 Å². The molecule has 0 spiro atoms. The van der Waals surface area contributed by atoms with Crippen LogP contribution >= 0.6 is 22.9 Å². The van der Waals surface area contributed by atoms with Crippen LogP contribution in [-0.4, -0.2) is 33.8 Å². The number of carbonyl (C=O) groups excluding carboxylic acids is 1. The monoisotopic (exact) mass is 325 g/mol. The molecule has 2 aromatic rings. The summed E-state index contributed by atoms with van der Waals surface area (Å²) in [6, 6.07) is 5.21. The van der Waals surface area contributed by atoms with Gasteiger partial charge in [-0.05, 0) is 18.2 Å². The lowest BCUT2D eigenvalue weighted by Gasteiger charge is -2.06. The van der Waals surface area contributed by atoms with E-state index in [4.69, 9.17) is 21.5 Å². The third kappa shape index (κ3) is 2.81. The average molecular weight is 326 g/mol. The molecule has 1 unspecified atom stereocenters. The van der Waals surface area contributed by atoms with Crippen LogP contribution in [0.25, 0.3) is 10.2 Å². The highest BCUT2D eigenvalue weighted by Crippen LogP contribution is 2.28. The van der Waals surface area contributed by atoms with E-state index >= 15 is 0 Å². The maximum absolute atomic E-state index is 12.0. The Kier molecular flexibility index (Phi) is 3.48. The van der Waals surface area contributed by atoms with Gasteiger partial charge in [-0.3, -0.25) is 10.1 Å². The summed E-state index contributed by atoms with van der Waals surface area (Å²) in [6.07, 6.45) is -1.02. The van der Waals surface area contributed by atoms with E-state index in [0.29, 0.717) is 10.2 Å². The summed E-state index contributed by atoms with van der Waals surface area (Å²) in [5.74, 6) is -1.68. The standard InChI is InChI=1S/C12H8ClN3O4S/c13-5-1-2-6-9(3-5)21-12(14-6)15-10(17)8-4-7(11(18)19)16-20-8/h1-3,8H,4H2,(H,18,19)(H,14,15,17). The Morgan fingerprint density at radius 1 is 1.48 bits per heavy atom. The Bertz CT molecular complexity index is 773. The molecule has 0 radical (unpaired) electrons. The molecule has 2 heterocycles. The van der Waals surface area contributed by atoms with Crippen molar-refractivity contribution < 1.29 is 19.5 Å². The van der Waals surface area contributed by atoms with Crippen LogP contribution in [0.2, 0.25) is 5.02 Å². The minimum absolute atomic E-state index is 0.0715. The van der Waals surface area contributed by atoms with Crippen molar-refractivity contribution >= 4 is 55.9 Å². The number of nitrogens with one attached hydrogen (secondary N) is 1. The SMILES string of the molecule is O=C(O)C1=NOC(C(=O)Nc2nc3ccc(Cl)cc3s2)C1. The predicted octanol–water partition coefficient (Wildman–Crippen LogP) is 2.12. The molecule has 0 fully saturated rings. The highest BCUT2D eigenvalue weighted by molar-refractivity contribution is 7.22. The fraction of sp³-hybridized carbons (Fsp3) is 0.167. The molecule has 1 aliphatic rings. The number of carboxylic acids is 1. The van der Waals surface area contributed by atoms with E-state index in [9.17, 15) is 9.59 Å². The Morgan fingerprint density at radius 3 is 3.00 bits per heavy atom. The van der Waals surface area contributed by atoms with Crippen LogP contribution in [0.15, 0.2) is 23.4 Å². The molecule has 7 nitrogen and oxygen atoms in total. The number of aromatic nitrogens is 1. The van der Waals surface area contributed by atoms with Gasteiger partial charge in [-0.15, -0.1) is 0 Å². The van der Waals surface area contributed by atoms with Gasteiger partial charge in [-0.1, -0.05) is 28.1 Å². The summed E-state index contributed by atoms with van der Waals surface area (Å²) in [4.78, 5) is 31.7. The number of fused-ring (bicyclic) bond motifs is 1. The molecule has 21 heavy (non-hydrogen) atoms. The summed E-state index contributed by atoms with van der Waals surface area (Å²) in [6.45, 7) is 0. The number of anilines is 1. The van der Waals surface area contributed by atoms with Gasteiger partial charge in [-0.2, -0.15) is 0 Å². The van der Waals surface area contributed by atoms with Gasteiger partial charge in [-0.25, -0.2) is 9.78 Å². The first-order valence-corrected chi connectivity index (χ1v) is 7.05. The maximum atomic E-state index is 12.0. The van der Waals surface area contributed by atoms with E-state index in [2.05, 4.69) is 15.5 Å². The van der Waals surface area contributed by atoms with Crippen molar-refractivity contribution in [3.8, 4) is 0 Å². The molecule has 0 saturated heterocycles. The lowest BCUT2D eigenvalue weighted by Crippen LogP contribution is -2.28. The number of halogens is 1. The van der Waals surface area contributed by atoms with Crippen molar-refractivity contribution in [2.75, 3.05) is 5.32 Å². The minimum atomic E-state index is -1.19. The molecular weight excluding hydrogens is 318 g/mol. The molecule has 9 heteroatoms. The average Bonchev–Trinajstić information content (AvgIpc) is 3.03. The van der Waals surface area contributed by atoms with Crippen LogP contribution in [0.4, 0.5) is 5.13 Å². The highest BCUT2D eigenvalue weighted by atomic mass is 35.5. The fourth-order valence-corrected chi connectivity index (χ4v) is 2.93. The second-order valence-corrected chi connectivity index (χ2v) is 5.73. The lowest BCUT2D eigenvalue weighted by atomic mass is 10.2. The molecule has 3 rings (SSSR count). The largest absolute Gasteiger partial charge is 0.477 e. The van der Waals surface area contributed by atoms with E-state index in [1.165, 1.54) is 11.3 Å². The lowest BCUT2D eigenvalue weighted by molar-refractivity contribution is -0.129. The van der Waals surface area contributed by atoms with Crippen molar-refractivity contribution in [2.24, 2.45) is 5.16 Å². The van der Waals surface area contributed by atoms with Crippen LogP contribution in [0.3, 0.4) is 0 Å². The third-order valence-electron chi connectivity index (χ3n) is 2.79. The molecule has 1 amide bonds. The highest BCUT2D eigenvalue weighted by Gasteiger charge is 2.31. The predicted molar refractivity (Wildman–Crippen MR) is 77.8 cm³/mol. The Hall–Kier alpha value is -2.19. The van der Waals surface area contributed by atoms with Crippen LogP contribution < -0.4 is 5.32 Å². The van der Waals surface area contributed by atoms with Crippen LogP contribution in [-0.2, 0) is 14.4 Å². The summed E-state index contributed by atoms with van der Waals surface area (Å²) < 4.78 is 0.840. The number of carboxylic acid groups (broad SMARTS) is 1. The number of rotatable bonds is 3. The number of nitrogens with zero attached hydrogens (tertiary/aromatic N) is 2. The van der Waals surface area contributed by atoms with Gasteiger partial charge in [0.1, 0.15) is 0 Å². The number of hydrogen-bond acceptors (Lipinski definition) is 6. The second-order valence-electron chi connectivity index (χ2n) is 4.26. The zero-order valence-electron chi connectivity index (χ0n) is 10.4. The fourth-order valence-electron chi connectivity index (χ4n) is 1.78. The van der Waals surface area contributed by atoms with Crippen molar-refractivity contribution in [3.05, 3.63) is 23.2 Å². The van der Waals surface area contributed by atoms with Gasteiger partial charge in [0.25, 0.3) is 5.91 Å². The minimum Gasteiger partial charge on any atom is -0.477 e. The summed E-state index contributed by atoms with van der Waals surface area (Å²) in [7, 11) is 0. The van der Waals surface area contributed by atoms with Gasteiger partial charge in [0.05, 0.1) is 10.2 Å². The van der Waals surface area contributed by atoms with Gasteiger partial charge in [0.2, 0.25) is 6.10 Å². The first kappa shape index (κ1) is 13.8. The zero-order chi connectivity index (χ0) is 15.0. The Balaban J connectivity index is 1.71. The van der Waals surface area contributed by atoms with Gasteiger partial charge in [0, 0.05) is 11.4 Å². The molecule has 2 N–H and O–H groups in total. The number of hydrogen-bond donors (Lipinski definition) is 2. The Labute approximate surface area is 127 Å². The molecule has 0 aliphatic carbocycles. The summed E-state index contributed by atoms with van der Waals surface area (Å²) >= 11 is 7.15. The van der Waals surface area contributed by atoms with E-state index in [0.717, 1.165) is 10.2 Å². The number of amides is 1. The normalized spacial score (nSPS) is 17.4. The number of aliphatic carboxylic acids is 1. The summed E-state index contributed by atoms with van der Waals surface area (Å²) in [5, 5.41) is 15.7. The topological polar surface area (TPSA) is 101 Å². The van der Waals surface area contributed by atoms with E-state index < -0.39 is 18.0 Å². The molecule has 1 aromatic heterocycles. The van der Waals surface area contributed by atoms with Crippen molar-refractivity contribution in [2.45, 2.75) is 12.5 Å². The first-order chi connectivity index (χ1) is 10.0. The molecule has 1 aliphatic heterocycles. The molecule has 108 valence electrons. The van der Waals surface area contributed by atoms with Crippen LogP contribution in [0.1, 0.15) is 6.42 Å². The van der Waals surface area contributed by atoms with Crippen LogP contribution in [0, 0.1) is 0 Å². The van der Waals surface area contributed by atoms with Gasteiger partial charge >= 0.3 is 5.97 Å². The molecular formula is C12H8ClN3O4S. The van der Waals surface area contributed by atoms with Crippen molar-refractivity contribution in [3.63, 3.8) is 0 Å². The quantitative estimate of drug-likeness (QED) is 0.900. The molecule has 1 aromatic carbocycles.